The van der Waals surface area contributed by atoms with Crippen molar-refractivity contribution >= 4 is 63.2 Å². The molecule has 6 amide bonds. The zero-order chi connectivity index (χ0) is 45.2. The van der Waals surface area contributed by atoms with Gasteiger partial charge >= 0.3 is 0 Å². The van der Waals surface area contributed by atoms with E-state index in [1.165, 1.54) is 9.80 Å². The quantitative estimate of drug-likeness (QED) is 0.0648. The molecule has 2 saturated heterocycles. The minimum atomic E-state index is -1.42. The number of hydrogen-bond donors (Lipinski definition) is 8. The van der Waals surface area contributed by atoms with E-state index in [1.54, 1.807) is 6.20 Å². The van der Waals surface area contributed by atoms with Crippen LogP contribution in [0.15, 0.2) is 90.2 Å². The molecule has 1 spiro atoms. The first-order valence-electron chi connectivity index (χ1n) is 22.5. The van der Waals surface area contributed by atoms with Crippen LogP contribution < -0.4 is 32.7 Å². The Morgan fingerprint density at radius 2 is 1.26 bits per heavy atom. The van der Waals surface area contributed by atoms with Crippen LogP contribution in [0.2, 0.25) is 0 Å². The van der Waals surface area contributed by atoms with Crippen molar-refractivity contribution in [3.05, 3.63) is 107 Å². The molecule has 3 fully saturated rings. The molecular weight excluding hydrogens is 827 g/mol. The third-order valence-electron chi connectivity index (χ3n) is 13.7. The fraction of sp³-hybridized carbons (Fsp3) is 0.396. The number of benzene rings is 3. The first-order chi connectivity index (χ1) is 31.5. The number of fused-ring (bicyclic) bond motifs is 5. The summed E-state index contributed by atoms with van der Waals surface area (Å²) in [5.74, 6) is -3.23. The normalized spacial score (nSPS) is 23.9. The van der Waals surface area contributed by atoms with Crippen molar-refractivity contribution in [3.8, 4) is 0 Å². The van der Waals surface area contributed by atoms with Crippen LogP contribution >= 0.6 is 0 Å². The number of nitrogens with one attached hydrogen (secondary N) is 6. The Bertz CT molecular complexity index is 2680. The molecule has 17 nitrogen and oxygen atoms in total. The van der Waals surface area contributed by atoms with Gasteiger partial charge in [-0.05, 0) is 66.5 Å². The number of rotatable bonds is 8. The van der Waals surface area contributed by atoms with Gasteiger partial charge < -0.3 is 52.5 Å². The van der Waals surface area contributed by atoms with Gasteiger partial charge in [0, 0.05) is 73.1 Å². The molecule has 5 aromatic rings. The Balaban J connectivity index is 1.11. The van der Waals surface area contributed by atoms with Crippen molar-refractivity contribution in [2.45, 2.75) is 107 Å². The highest BCUT2D eigenvalue weighted by atomic mass is 16.2. The third kappa shape index (κ3) is 8.74. The van der Waals surface area contributed by atoms with Crippen molar-refractivity contribution in [1.29, 1.82) is 0 Å². The number of amides is 6. The molecule has 3 aromatic carbocycles. The Kier molecular flexibility index (Phi) is 12.0. The SMILES string of the molecule is NC(N)=NCCC[C@@H]1NC(=O)[C@H](Cc2c[nH]c3ccccc23)NC(=O)C2(CCCC2)NC(=O)[C@H](Cc2c[nH]c3ccccc23)NC(=O)[C@H]2Cc3ccccc3CN2C(=O)[C@H]2CCN2C1=O. The first kappa shape index (κ1) is 43.1. The lowest BCUT2D eigenvalue weighted by Gasteiger charge is -2.46. The summed E-state index contributed by atoms with van der Waals surface area (Å²) in [4.78, 5) is 102. The molecule has 17 heteroatoms. The molecule has 9 rings (SSSR count). The molecule has 0 unspecified atom stereocenters. The van der Waals surface area contributed by atoms with Gasteiger partial charge in [0.15, 0.2) is 5.96 Å². The van der Waals surface area contributed by atoms with Gasteiger partial charge in [-0.1, -0.05) is 73.5 Å². The number of guanidine groups is 1. The van der Waals surface area contributed by atoms with Crippen molar-refractivity contribution in [1.82, 2.24) is 41.0 Å². The lowest BCUT2D eigenvalue weighted by atomic mass is 9.90. The van der Waals surface area contributed by atoms with Gasteiger partial charge in [-0.3, -0.25) is 33.8 Å². The maximum absolute atomic E-state index is 14.9. The number of aromatic amines is 2. The molecule has 2 aromatic heterocycles. The number of H-pyrrole nitrogens is 2. The molecule has 10 N–H and O–H groups in total. The van der Waals surface area contributed by atoms with Crippen molar-refractivity contribution in [2.24, 2.45) is 16.5 Å². The second-order valence-electron chi connectivity index (χ2n) is 17.8. The fourth-order valence-corrected chi connectivity index (χ4v) is 10.1. The molecule has 65 heavy (non-hydrogen) atoms. The Hall–Kier alpha value is -7.17. The van der Waals surface area contributed by atoms with Crippen LogP contribution in [0.25, 0.3) is 21.8 Å². The van der Waals surface area contributed by atoms with E-state index in [2.05, 4.69) is 36.2 Å². The summed E-state index contributed by atoms with van der Waals surface area (Å²) in [6.45, 7) is 0.553. The zero-order valence-electron chi connectivity index (χ0n) is 36.1. The molecule has 0 radical (unpaired) electrons. The summed E-state index contributed by atoms with van der Waals surface area (Å²) in [6.07, 6.45) is 6.58. The highest BCUT2D eigenvalue weighted by Crippen LogP contribution is 2.33. The first-order valence-corrected chi connectivity index (χ1v) is 22.5. The third-order valence-corrected chi connectivity index (χ3v) is 13.7. The monoisotopic (exact) mass is 881 g/mol. The number of para-hydroxylation sites is 2. The second-order valence-corrected chi connectivity index (χ2v) is 17.8. The van der Waals surface area contributed by atoms with E-state index >= 15 is 0 Å². The number of nitrogens with zero attached hydrogens (tertiary/aromatic N) is 3. The number of aromatic nitrogens is 2. The van der Waals surface area contributed by atoms with Crippen LogP contribution in [-0.2, 0) is 54.6 Å². The molecule has 4 aliphatic rings. The van der Waals surface area contributed by atoms with Gasteiger partial charge in [0.2, 0.25) is 35.4 Å². The summed E-state index contributed by atoms with van der Waals surface area (Å²) >= 11 is 0. The van der Waals surface area contributed by atoms with Crippen molar-refractivity contribution in [3.63, 3.8) is 0 Å². The van der Waals surface area contributed by atoms with Crippen molar-refractivity contribution < 1.29 is 28.8 Å². The van der Waals surface area contributed by atoms with Crippen LogP contribution in [0.1, 0.15) is 67.2 Å². The Morgan fingerprint density at radius 3 is 1.89 bits per heavy atom. The predicted molar refractivity (Wildman–Crippen MR) is 244 cm³/mol. The van der Waals surface area contributed by atoms with Gasteiger partial charge in [-0.15, -0.1) is 0 Å². The molecule has 5 heterocycles. The van der Waals surface area contributed by atoms with Gasteiger partial charge in [-0.25, -0.2) is 0 Å². The molecule has 5 atom stereocenters. The summed E-state index contributed by atoms with van der Waals surface area (Å²) in [5.41, 5.74) is 14.8. The molecule has 338 valence electrons. The lowest BCUT2D eigenvalue weighted by Crippen LogP contribution is -2.67. The fourth-order valence-electron chi connectivity index (χ4n) is 10.1. The average molecular weight is 882 g/mol. The maximum Gasteiger partial charge on any atom is 0.246 e. The molecule has 0 bridgehead atoms. The lowest BCUT2D eigenvalue weighted by molar-refractivity contribution is -0.158. The average Bonchev–Trinajstić information content (AvgIpc) is 4.05. The number of carbonyl (C=O) groups excluding carboxylic acids is 6. The van der Waals surface area contributed by atoms with E-state index in [4.69, 9.17) is 11.5 Å². The van der Waals surface area contributed by atoms with Crippen LogP contribution in [0.5, 0.6) is 0 Å². The topological polar surface area (TPSA) is 253 Å². The molecule has 1 saturated carbocycles. The van der Waals surface area contributed by atoms with Crippen LogP contribution in [-0.4, -0.2) is 110 Å². The number of nitrogens with two attached hydrogens (primary N) is 2. The highest BCUT2D eigenvalue weighted by Gasteiger charge is 2.48. The van der Waals surface area contributed by atoms with E-state index in [0.29, 0.717) is 38.5 Å². The van der Waals surface area contributed by atoms with Gasteiger partial charge in [0.05, 0.1) is 0 Å². The van der Waals surface area contributed by atoms with Gasteiger partial charge in [0.25, 0.3) is 0 Å². The summed E-state index contributed by atoms with van der Waals surface area (Å²) in [7, 11) is 0. The van der Waals surface area contributed by atoms with E-state index in [0.717, 1.165) is 44.1 Å². The van der Waals surface area contributed by atoms with Crippen LogP contribution in [0, 0.1) is 0 Å². The van der Waals surface area contributed by atoms with Gasteiger partial charge in [-0.2, -0.15) is 0 Å². The van der Waals surface area contributed by atoms with Gasteiger partial charge in [0.1, 0.15) is 35.7 Å². The maximum atomic E-state index is 14.9. The van der Waals surface area contributed by atoms with E-state index in [1.807, 2.05) is 79.0 Å². The summed E-state index contributed by atoms with van der Waals surface area (Å²) in [6, 6.07) is 17.5. The number of aliphatic imine (C=N–C) groups is 1. The van der Waals surface area contributed by atoms with Crippen molar-refractivity contribution in [2.75, 3.05) is 13.1 Å². The highest BCUT2D eigenvalue weighted by molar-refractivity contribution is 6.01. The number of hydrogen-bond acceptors (Lipinski definition) is 7. The molecule has 3 aliphatic heterocycles. The second kappa shape index (κ2) is 18.1. The zero-order valence-corrected chi connectivity index (χ0v) is 36.1. The summed E-state index contributed by atoms with van der Waals surface area (Å²) < 4.78 is 0. The molecule has 1 aliphatic carbocycles. The van der Waals surface area contributed by atoms with E-state index < -0.39 is 71.2 Å². The van der Waals surface area contributed by atoms with E-state index in [-0.39, 0.29) is 51.3 Å². The Labute approximate surface area is 375 Å². The predicted octanol–water partition coefficient (Wildman–Crippen LogP) is 1.94. The Morgan fingerprint density at radius 1 is 0.662 bits per heavy atom. The minimum absolute atomic E-state index is 0.0580. The largest absolute Gasteiger partial charge is 0.370 e. The van der Waals surface area contributed by atoms with Crippen LogP contribution in [0.4, 0.5) is 0 Å². The summed E-state index contributed by atoms with van der Waals surface area (Å²) in [5, 5.41) is 13.8. The number of carbonyl (C=O) groups is 6. The van der Waals surface area contributed by atoms with E-state index in [9.17, 15) is 28.8 Å². The standard InChI is InChI=1S/C48H55N11O6/c49-47(50)51-20-9-16-36-44(63)58-21-17-39(58)45(64)59-27-29-11-2-1-10-28(29)24-40(59)43(62)55-38(23-31-26-53-35-15-6-4-13-33(31)35)42(61)57-48(18-7-8-19-48)46(65)56-37(41(60)54-36)22-30-25-52-34-14-5-3-12-32(30)34/h1-6,10-15,25-26,36-40,52-53H,7-9,16-24,27H2,(H,54,60)(H,55,62)(H,56,65)(H,57,61)(H4,49,50,51)/t36-,37-,38-,39+,40+/m0/s1. The minimum Gasteiger partial charge on any atom is -0.370 e. The van der Waals surface area contributed by atoms with Crippen LogP contribution in [0.3, 0.4) is 0 Å². The molecular formula is C48H55N11O6. The smallest absolute Gasteiger partial charge is 0.246 e.